The van der Waals surface area contributed by atoms with Gasteiger partial charge in [0, 0.05) is 0 Å². The van der Waals surface area contributed by atoms with Crippen LogP contribution in [-0.2, 0) is 9.59 Å². The second-order valence-corrected chi connectivity index (χ2v) is 5.27. The Morgan fingerprint density at radius 3 is 1.94 bits per heavy atom. The molecule has 2 atom stereocenters. The van der Waals surface area contributed by atoms with Crippen molar-refractivity contribution in [2.45, 2.75) is 52.6 Å². The average molecular weight is 251 g/mol. The van der Waals surface area contributed by atoms with Crippen LogP contribution in [0, 0.1) is 11.8 Å². The van der Waals surface area contributed by atoms with Crippen molar-refractivity contribution in [1.29, 1.82) is 0 Å². The fourth-order valence-electron chi connectivity index (χ4n) is 1.59. The molecule has 0 heterocycles. The summed E-state index contributed by atoms with van der Waals surface area (Å²) in [4.78, 5) is 22.6. The number of hydrogen-bond donors (Lipinski definition) is 3. The zero-order chi connectivity index (χ0) is 13.6. The number of nitrogens with two attached hydrogens (primary N) is 1. The minimum absolute atomic E-state index is 0.206. The van der Waals surface area contributed by atoms with E-state index in [4.69, 9.17) is 10.8 Å². The third kappa shape index (κ3) is 6.94. The molecule has 0 radical (unpaired) electrons. The standard InChI is InChI=1S/C12H24N2O3/c1-7(2)5-9(13)11(15)14-10(12(16)17)6-8(3)4/h7-10H,5-6,13H2,1-4H3,(H,14,15)(H,16,17)/t9-,10-/m0/s1/i1+1,2+1,5+1,7+1,9+1,11+1,13+1. The van der Waals surface area contributed by atoms with E-state index in [1.54, 1.807) is 0 Å². The zero-order valence-electron chi connectivity index (χ0n) is 11.1. The van der Waals surface area contributed by atoms with E-state index in [0.29, 0.717) is 18.8 Å². The summed E-state index contributed by atoms with van der Waals surface area (Å²) in [5.41, 5.74) is 5.69. The van der Waals surface area contributed by atoms with Crippen LogP contribution in [0.15, 0.2) is 0 Å². The molecule has 0 aromatic carbocycles. The van der Waals surface area contributed by atoms with Gasteiger partial charge >= 0.3 is 5.97 Å². The lowest BCUT2D eigenvalue weighted by Gasteiger charge is -2.20. The molecule has 0 fully saturated rings. The lowest BCUT2D eigenvalue weighted by Crippen LogP contribution is -2.49. The molecule has 0 aliphatic carbocycles. The predicted octanol–water partition coefficient (Wildman–Crippen LogP) is 0.975. The molecule has 0 saturated carbocycles. The zero-order valence-corrected chi connectivity index (χ0v) is 11.1. The average Bonchev–Trinajstić information content (AvgIpc) is 2.14. The third-order valence-corrected chi connectivity index (χ3v) is 2.38. The number of carboxylic acids is 1. The second-order valence-electron chi connectivity index (χ2n) is 5.27. The third-order valence-electron chi connectivity index (χ3n) is 2.38. The first kappa shape index (κ1) is 15.9. The second kappa shape index (κ2) is 7.27. The molecule has 17 heavy (non-hydrogen) atoms. The molecule has 4 N–H and O–H groups in total. The molecule has 100 valence electrons. The summed E-state index contributed by atoms with van der Waals surface area (Å²) in [7, 11) is 0. The van der Waals surface area contributed by atoms with Crippen molar-refractivity contribution >= 4 is 11.9 Å². The summed E-state index contributed by atoms with van der Waals surface area (Å²) < 4.78 is 0. The molecule has 1 amide bonds. The number of carbonyl (C=O) groups is 2. The van der Waals surface area contributed by atoms with Crippen LogP contribution in [0.2, 0.25) is 0 Å². The Hall–Kier alpha value is -1.10. The van der Waals surface area contributed by atoms with Gasteiger partial charge in [0.15, 0.2) is 0 Å². The summed E-state index contributed by atoms with van der Waals surface area (Å²) in [6.45, 7) is 7.76. The van der Waals surface area contributed by atoms with E-state index in [0.717, 1.165) is 0 Å². The van der Waals surface area contributed by atoms with Gasteiger partial charge in [0.05, 0.1) is 6.04 Å². The van der Waals surface area contributed by atoms with E-state index >= 15 is 0 Å². The van der Waals surface area contributed by atoms with Gasteiger partial charge in [-0.05, 0) is 24.7 Å². The molecule has 5 heteroatoms. The van der Waals surface area contributed by atoms with Crippen molar-refractivity contribution in [3.63, 3.8) is 0 Å². The van der Waals surface area contributed by atoms with Crippen LogP contribution < -0.4 is 11.1 Å². The van der Waals surface area contributed by atoms with E-state index in [9.17, 15) is 9.59 Å². The Morgan fingerprint density at radius 2 is 1.59 bits per heavy atom. The SMILES string of the molecule is CC(C)C[C@H](N[13C](=O)[13C@@H]([15NH2])[13CH2][13CH]([13CH3])[13CH3])C(=O)O. The minimum Gasteiger partial charge on any atom is -0.480 e. The summed E-state index contributed by atoms with van der Waals surface area (Å²) in [6.07, 6.45) is 0.968. The van der Waals surface area contributed by atoms with Gasteiger partial charge in [-0.1, -0.05) is 27.7 Å². The van der Waals surface area contributed by atoms with E-state index in [2.05, 4.69) is 5.32 Å². The van der Waals surface area contributed by atoms with Crippen molar-refractivity contribution in [2.75, 3.05) is 0 Å². The number of carboxylic acid groups (broad SMARTS) is 1. The quantitative estimate of drug-likeness (QED) is 0.464. The largest absolute Gasteiger partial charge is 0.480 e. The van der Waals surface area contributed by atoms with Crippen LogP contribution >= 0.6 is 0 Å². The van der Waals surface area contributed by atoms with Gasteiger partial charge in [0.25, 0.3) is 0 Å². The monoisotopic (exact) mass is 251 g/mol. The van der Waals surface area contributed by atoms with Gasteiger partial charge in [-0.3, -0.25) is 4.79 Å². The normalized spacial score (nSPS) is 14.8. The number of hydrogen-bond acceptors (Lipinski definition) is 3. The molecule has 0 aliphatic rings. The van der Waals surface area contributed by atoms with Gasteiger partial charge in [0.2, 0.25) is 5.91 Å². The van der Waals surface area contributed by atoms with Crippen molar-refractivity contribution in [1.82, 2.24) is 5.32 Å². The van der Waals surface area contributed by atoms with Crippen LogP contribution in [0.25, 0.3) is 0 Å². The Kier molecular flexibility index (Phi) is 6.80. The molecular formula is C12H24N2O3. The van der Waals surface area contributed by atoms with Crippen molar-refractivity contribution < 1.29 is 14.7 Å². The number of carbonyl (C=O) groups excluding carboxylic acids is 1. The number of rotatable bonds is 7. The maximum absolute atomic E-state index is 11.7. The summed E-state index contributed by atoms with van der Waals surface area (Å²) in [6, 6.07) is -1.48. The van der Waals surface area contributed by atoms with Gasteiger partial charge in [-0.2, -0.15) is 0 Å². The smallest absolute Gasteiger partial charge is 0.326 e. The van der Waals surface area contributed by atoms with Gasteiger partial charge in [0.1, 0.15) is 6.04 Å². The lowest BCUT2D eigenvalue weighted by molar-refractivity contribution is -0.142. The predicted molar refractivity (Wildman–Crippen MR) is 66.5 cm³/mol. The summed E-state index contributed by atoms with van der Waals surface area (Å²) in [5.74, 6) is -0.877. The van der Waals surface area contributed by atoms with E-state index < -0.39 is 18.1 Å². The first-order valence-electron chi connectivity index (χ1n) is 6.02. The fourth-order valence-corrected chi connectivity index (χ4v) is 1.59. The molecular weight excluding hydrogens is 227 g/mol. The number of amides is 1. The minimum atomic E-state index is -1.01. The number of aliphatic carboxylic acids is 1. The first-order chi connectivity index (χ1) is 7.73. The van der Waals surface area contributed by atoms with Crippen molar-refractivity contribution in [2.24, 2.45) is 17.6 Å². The molecule has 0 aromatic heterocycles. The van der Waals surface area contributed by atoms with Crippen LogP contribution in [0.3, 0.4) is 0 Å². The molecule has 0 aliphatic heterocycles. The highest BCUT2D eigenvalue weighted by Gasteiger charge is 2.24. The van der Waals surface area contributed by atoms with E-state index in [1.807, 2.05) is 27.7 Å². The first-order valence-corrected chi connectivity index (χ1v) is 6.02. The molecule has 0 saturated heterocycles. The topological polar surface area (TPSA) is 92.4 Å². The summed E-state index contributed by atoms with van der Waals surface area (Å²) >= 11 is 0. The van der Waals surface area contributed by atoms with Gasteiger partial charge in [-0.25, -0.2) is 4.79 Å². The highest BCUT2D eigenvalue weighted by atomic mass is 16.4. The Labute approximate surface area is 103 Å². The van der Waals surface area contributed by atoms with E-state index in [1.165, 1.54) is 0 Å². The maximum atomic E-state index is 11.7. The van der Waals surface area contributed by atoms with E-state index in [-0.39, 0.29) is 11.8 Å². The Morgan fingerprint density at radius 1 is 1.12 bits per heavy atom. The fraction of sp³-hybridized carbons (Fsp3) is 0.833. The molecule has 0 rings (SSSR count). The van der Waals surface area contributed by atoms with Crippen molar-refractivity contribution in [3.8, 4) is 0 Å². The molecule has 0 spiro atoms. The lowest BCUT2D eigenvalue weighted by atomic mass is 10.0. The number of nitrogens with one attached hydrogen (secondary N) is 1. The molecule has 0 unspecified atom stereocenters. The Bertz CT molecular complexity index is 264. The van der Waals surface area contributed by atoms with Crippen LogP contribution in [0.4, 0.5) is 0 Å². The van der Waals surface area contributed by atoms with Gasteiger partial charge in [-0.15, -0.1) is 0 Å². The van der Waals surface area contributed by atoms with Crippen LogP contribution in [0.1, 0.15) is 40.5 Å². The van der Waals surface area contributed by atoms with Gasteiger partial charge < -0.3 is 16.2 Å². The maximum Gasteiger partial charge on any atom is 0.326 e. The highest BCUT2D eigenvalue weighted by Crippen LogP contribution is 2.07. The van der Waals surface area contributed by atoms with Crippen molar-refractivity contribution in [3.05, 3.63) is 0 Å². The Balaban J connectivity index is 4.35. The molecule has 0 aromatic rings. The molecule has 5 nitrogen and oxygen atoms in total. The molecule has 0 bridgehead atoms. The van der Waals surface area contributed by atoms with Crippen LogP contribution in [-0.4, -0.2) is 29.1 Å². The summed E-state index contributed by atoms with van der Waals surface area (Å²) in [5, 5.41) is 11.5. The van der Waals surface area contributed by atoms with Crippen LogP contribution in [0.5, 0.6) is 0 Å². The highest BCUT2D eigenvalue weighted by molar-refractivity contribution is 5.86.